The highest BCUT2D eigenvalue weighted by Crippen LogP contribution is 2.19. The van der Waals surface area contributed by atoms with Crippen LogP contribution in [0.25, 0.3) is 11.5 Å². The SMILES string of the molecule is C[C@H](OCc1noc(-c2ccc(Cl)cc2)n1)C(=O)O. The number of halogens is 1. The minimum absolute atomic E-state index is 0.0233. The zero-order valence-electron chi connectivity index (χ0n) is 10.0. The maximum atomic E-state index is 10.6. The zero-order valence-corrected chi connectivity index (χ0v) is 10.8. The van der Waals surface area contributed by atoms with Crippen molar-refractivity contribution in [2.75, 3.05) is 0 Å². The normalized spacial score (nSPS) is 12.3. The van der Waals surface area contributed by atoms with E-state index in [0.717, 1.165) is 5.56 Å². The monoisotopic (exact) mass is 282 g/mol. The van der Waals surface area contributed by atoms with Crippen LogP contribution in [0.4, 0.5) is 0 Å². The second-order valence-electron chi connectivity index (χ2n) is 3.81. The van der Waals surface area contributed by atoms with Gasteiger partial charge in [-0.05, 0) is 31.2 Å². The van der Waals surface area contributed by atoms with E-state index in [1.165, 1.54) is 6.92 Å². The highest BCUT2D eigenvalue weighted by atomic mass is 35.5. The van der Waals surface area contributed by atoms with Crippen LogP contribution in [-0.4, -0.2) is 27.3 Å². The average molecular weight is 283 g/mol. The van der Waals surface area contributed by atoms with Crippen molar-refractivity contribution in [1.82, 2.24) is 10.1 Å². The molecule has 0 saturated heterocycles. The fourth-order valence-electron chi connectivity index (χ4n) is 1.29. The van der Waals surface area contributed by atoms with Gasteiger partial charge < -0.3 is 14.4 Å². The Labute approximate surface area is 114 Å². The summed E-state index contributed by atoms with van der Waals surface area (Å²) in [6, 6.07) is 6.92. The fraction of sp³-hybridized carbons (Fsp3) is 0.250. The molecule has 0 saturated carbocycles. The summed E-state index contributed by atoms with van der Waals surface area (Å²) >= 11 is 5.78. The Bertz CT molecular complexity index is 567. The van der Waals surface area contributed by atoms with Crippen molar-refractivity contribution in [3.8, 4) is 11.5 Å². The Morgan fingerprint density at radius 2 is 2.16 bits per heavy atom. The molecule has 0 aliphatic rings. The summed E-state index contributed by atoms with van der Waals surface area (Å²) in [5.41, 5.74) is 0.731. The summed E-state index contributed by atoms with van der Waals surface area (Å²) in [5.74, 6) is -0.419. The largest absolute Gasteiger partial charge is 0.479 e. The second-order valence-corrected chi connectivity index (χ2v) is 4.25. The van der Waals surface area contributed by atoms with Crippen molar-refractivity contribution in [3.63, 3.8) is 0 Å². The number of aliphatic carboxylic acids is 1. The summed E-state index contributed by atoms with van der Waals surface area (Å²) in [4.78, 5) is 14.7. The van der Waals surface area contributed by atoms with Gasteiger partial charge in [0.1, 0.15) is 6.61 Å². The molecular formula is C12H11ClN2O4. The molecule has 0 fully saturated rings. The summed E-state index contributed by atoms with van der Waals surface area (Å²) in [6.45, 7) is 1.41. The van der Waals surface area contributed by atoms with E-state index in [1.54, 1.807) is 24.3 Å². The Kier molecular flexibility index (Phi) is 4.13. The van der Waals surface area contributed by atoms with E-state index >= 15 is 0 Å². The number of carbonyl (C=O) groups is 1. The quantitative estimate of drug-likeness (QED) is 0.906. The molecule has 100 valence electrons. The van der Waals surface area contributed by atoms with Gasteiger partial charge in [-0.1, -0.05) is 16.8 Å². The number of carboxylic acids is 1. The molecule has 0 spiro atoms. The molecule has 1 atom stereocenters. The number of rotatable bonds is 5. The maximum Gasteiger partial charge on any atom is 0.332 e. The van der Waals surface area contributed by atoms with E-state index < -0.39 is 12.1 Å². The molecule has 0 amide bonds. The lowest BCUT2D eigenvalue weighted by Crippen LogP contribution is -2.19. The lowest BCUT2D eigenvalue weighted by Gasteiger charge is -2.04. The first-order valence-corrected chi connectivity index (χ1v) is 5.87. The van der Waals surface area contributed by atoms with Gasteiger partial charge in [-0.15, -0.1) is 0 Å². The second kappa shape index (κ2) is 5.81. The number of hydrogen-bond donors (Lipinski definition) is 1. The van der Waals surface area contributed by atoms with Gasteiger partial charge in [-0.2, -0.15) is 4.98 Å². The molecule has 0 aliphatic carbocycles. The minimum atomic E-state index is -1.04. The van der Waals surface area contributed by atoms with E-state index in [4.69, 9.17) is 26.0 Å². The molecule has 1 heterocycles. The smallest absolute Gasteiger partial charge is 0.332 e. The lowest BCUT2D eigenvalue weighted by atomic mass is 10.2. The first-order chi connectivity index (χ1) is 9.06. The number of carboxylic acid groups (broad SMARTS) is 1. The third-order valence-corrected chi connectivity index (χ3v) is 2.62. The summed E-state index contributed by atoms with van der Waals surface area (Å²) in [7, 11) is 0. The van der Waals surface area contributed by atoms with Crippen LogP contribution in [0.5, 0.6) is 0 Å². The third kappa shape index (κ3) is 3.52. The molecular weight excluding hydrogens is 272 g/mol. The van der Waals surface area contributed by atoms with Crippen molar-refractivity contribution in [3.05, 3.63) is 35.1 Å². The van der Waals surface area contributed by atoms with Crippen molar-refractivity contribution >= 4 is 17.6 Å². The minimum Gasteiger partial charge on any atom is -0.479 e. The fourth-order valence-corrected chi connectivity index (χ4v) is 1.42. The Morgan fingerprint density at radius 1 is 1.47 bits per heavy atom. The number of hydrogen-bond acceptors (Lipinski definition) is 5. The molecule has 0 bridgehead atoms. The molecule has 2 aromatic rings. The lowest BCUT2D eigenvalue weighted by molar-refractivity contribution is -0.150. The van der Waals surface area contributed by atoms with Crippen LogP contribution >= 0.6 is 11.6 Å². The first-order valence-electron chi connectivity index (χ1n) is 5.49. The van der Waals surface area contributed by atoms with Gasteiger partial charge in [0.05, 0.1) is 0 Å². The van der Waals surface area contributed by atoms with E-state index in [2.05, 4.69) is 10.1 Å². The molecule has 1 aromatic carbocycles. The highest BCUT2D eigenvalue weighted by molar-refractivity contribution is 6.30. The molecule has 6 nitrogen and oxygen atoms in total. The van der Waals surface area contributed by atoms with Gasteiger partial charge in [0.25, 0.3) is 5.89 Å². The predicted molar refractivity (Wildman–Crippen MR) is 66.6 cm³/mol. The highest BCUT2D eigenvalue weighted by Gasteiger charge is 2.14. The van der Waals surface area contributed by atoms with E-state index in [0.29, 0.717) is 10.9 Å². The van der Waals surface area contributed by atoms with Crippen LogP contribution in [0.2, 0.25) is 5.02 Å². The van der Waals surface area contributed by atoms with Crippen LogP contribution < -0.4 is 0 Å². The molecule has 1 N–H and O–H groups in total. The van der Waals surface area contributed by atoms with Crippen LogP contribution in [0.3, 0.4) is 0 Å². The maximum absolute atomic E-state index is 10.6. The molecule has 19 heavy (non-hydrogen) atoms. The third-order valence-electron chi connectivity index (χ3n) is 2.37. The van der Waals surface area contributed by atoms with Gasteiger partial charge in [0.15, 0.2) is 11.9 Å². The van der Waals surface area contributed by atoms with Crippen LogP contribution in [-0.2, 0) is 16.1 Å². The Balaban J connectivity index is 2.03. The average Bonchev–Trinajstić information content (AvgIpc) is 2.85. The van der Waals surface area contributed by atoms with Crippen molar-refractivity contribution < 1.29 is 19.2 Å². The van der Waals surface area contributed by atoms with Gasteiger partial charge in [0, 0.05) is 10.6 Å². The van der Waals surface area contributed by atoms with E-state index in [-0.39, 0.29) is 12.4 Å². The van der Waals surface area contributed by atoms with Crippen LogP contribution in [0.15, 0.2) is 28.8 Å². The van der Waals surface area contributed by atoms with Crippen molar-refractivity contribution in [2.24, 2.45) is 0 Å². The van der Waals surface area contributed by atoms with Crippen LogP contribution in [0, 0.1) is 0 Å². The standard InChI is InChI=1S/C12H11ClN2O4/c1-7(12(16)17)18-6-10-14-11(19-15-10)8-2-4-9(13)5-3-8/h2-5,7H,6H2,1H3,(H,16,17)/t7-/m0/s1. The van der Waals surface area contributed by atoms with Gasteiger partial charge in [0.2, 0.25) is 0 Å². The molecule has 1 aromatic heterocycles. The molecule has 0 aliphatic heterocycles. The van der Waals surface area contributed by atoms with Crippen molar-refractivity contribution in [2.45, 2.75) is 19.6 Å². The number of ether oxygens (including phenoxy) is 1. The number of benzene rings is 1. The first kappa shape index (κ1) is 13.5. The molecule has 7 heteroatoms. The summed E-state index contributed by atoms with van der Waals surface area (Å²) in [5, 5.41) is 13.0. The van der Waals surface area contributed by atoms with Crippen LogP contribution in [0.1, 0.15) is 12.7 Å². The summed E-state index contributed by atoms with van der Waals surface area (Å²) < 4.78 is 10.1. The topological polar surface area (TPSA) is 85.5 Å². The molecule has 0 radical (unpaired) electrons. The predicted octanol–water partition coefficient (Wildman–Crippen LogP) is 2.38. The molecule has 2 rings (SSSR count). The van der Waals surface area contributed by atoms with Crippen molar-refractivity contribution in [1.29, 1.82) is 0 Å². The van der Waals surface area contributed by atoms with Gasteiger partial charge in [-0.3, -0.25) is 0 Å². The number of nitrogens with zero attached hydrogens (tertiary/aromatic N) is 2. The Hall–Kier alpha value is -1.92. The Morgan fingerprint density at radius 3 is 2.79 bits per heavy atom. The summed E-state index contributed by atoms with van der Waals surface area (Å²) in [6.07, 6.45) is -0.919. The zero-order chi connectivity index (χ0) is 13.8. The van der Waals surface area contributed by atoms with E-state index in [9.17, 15) is 4.79 Å². The number of aromatic nitrogens is 2. The van der Waals surface area contributed by atoms with Gasteiger partial charge in [-0.25, -0.2) is 4.79 Å². The molecule has 0 unspecified atom stereocenters. The van der Waals surface area contributed by atoms with E-state index in [1.807, 2.05) is 0 Å². The van der Waals surface area contributed by atoms with Gasteiger partial charge >= 0.3 is 5.97 Å².